The molecule has 1 aliphatic heterocycles. The first kappa shape index (κ1) is 13.3. The highest BCUT2D eigenvalue weighted by atomic mass is 32.1. The SMILES string of the molecule is Cc1cc(N2CCC(Nc3nc(C)cs3)CC2)ncn1. The van der Waals surface area contributed by atoms with E-state index in [-0.39, 0.29) is 0 Å². The van der Waals surface area contributed by atoms with Gasteiger partial charge in [0.15, 0.2) is 5.13 Å². The Hall–Kier alpha value is -1.69. The molecule has 3 heterocycles. The molecule has 20 heavy (non-hydrogen) atoms. The molecule has 0 radical (unpaired) electrons. The van der Waals surface area contributed by atoms with Crippen LogP contribution >= 0.6 is 11.3 Å². The fraction of sp³-hybridized carbons (Fsp3) is 0.500. The van der Waals surface area contributed by atoms with Crippen LogP contribution in [0.4, 0.5) is 10.9 Å². The second kappa shape index (κ2) is 5.75. The summed E-state index contributed by atoms with van der Waals surface area (Å²) in [6, 6.07) is 2.57. The predicted molar refractivity (Wildman–Crippen MR) is 82.5 cm³/mol. The lowest BCUT2D eigenvalue weighted by molar-refractivity contribution is 0.523. The van der Waals surface area contributed by atoms with Gasteiger partial charge in [0.1, 0.15) is 12.1 Å². The molecule has 0 atom stereocenters. The highest BCUT2D eigenvalue weighted by Crippen LogP contribution is 2.22. The van der Waals surface area contributed by atoms with Crippen molar-refractivity contribution in [3.8, 4) is 0 Å². The van der Waals surface area contributed by atoms with E-state index < -0.39 is 0 Å². The summed E-state index contributed by atoms with van der Waals surface area (Å²) >= 11 is 1.69. The molecule has 2 aromatic heterocycles. The minimum absolute atomic E-state index is 0.514. The molecule has 0 bridgehead atoms. The predicted octanol–water partition coefficient (Wildman–Crippen LogP) is 2.63. The van der Waals surface area contributed by atoms with Crippen LogP contribution in [0.15, 0.2) is 17.8 Å². The molecule has 1 aliphatic rings. The number of nitrogens with one attached hydrogen (secondary N) is 1. The average molecular weight is 289 g/mol. The Kier molecular flexibility index (Phi) is 3.82. The largest absolute Gasteiger partial charge is 0.359 e. The Balaban J connectivity index is 1.57. The Bertz CT molecular complexity index is 574. The van der Waals surface area contributed by atoms with Crippen molar-refractivity contribution in [2.24, 2.45) is 0 Å². The van der Waals surface area contributed by atoms with Crippen molar-refractivity contribution in [3.63, 3.8) is 0 Å². The van der Waals surface area contributed by atoms with Crippen molar-refractivity contribution in [1.29, 1.82) is 0 Å². The maximum atomic E-state index is 4.47. The van der Waals surface area contributed by atoms with Gasteiger partial charge in [-0.3, -0.25) is 0 Å². The number of anilines is 2. The van der Waals surface area contributed by atoms with E-state index in [1.165, 1.54) is 0 Å². The van der Waals surface area contributed by atoms with Gasteiger partial charge in [0.2, 0.25) is 0 Å². The smallest absolute Gasteiger partial charge is 0.183 e. The van der Waals surface area contributed by atoms with E-state index in [0.29, 0.717) is 6.04 Å². The first-order chi connectivity index (χ1) is 9.70. The summed E-state index contributed by atoms with van der Waals surface area (Å²) in [5.41, 5.74) is 2.11. The molecule has 1 fully saturated rings. The van der Waals surface area contributed by atoms with Gasteiger partial charge in [-0.2, -0.15) is 0 Å². The molecule has 1 N–H and O–H groups in total. The van der Waals surface area contributed by atoms with Crippen molar-refractivity contribution in [2.45, 2.75) is 32.7 Å². The van der Waals surface area contributed by atoms with Gasteiger partial charge in [-0.25, -0.2) is 15.0 Å². The number of aromatic nitrogens is 3. The maximum Gasteiger partial charge on any atom is 0.183 e. The third-order valence-electron chi connectivity index (χ3n) is 3.55. The monoisotopic (exact) mass is 289 g/mol. The summed E-state index contributed by atoms with van der Waals surface area (Å²) in [4.78, 5) is 15.3. The lowest BCUT2D eigenvalue weighted by Crippen LogP contribution is -2.39. The number of piperidine rings is 1. The minimum atomic E-state index is 0.514. The minimum Gasteiger partial charge on any atom is -0.359 e. The van der Waals surface area contributed by atoms with E-state index in [1.54, 1.807) is 17.7 Å². The third-order valence-corrected chi connectivity index (χ3v) is 4.45. The number of nitrogens with zero attached hydrogens (tertiary/aromatic N) is 4. The lowest BCUT2D eigenvalue weighted by atomic mass is 10.1. The summed E-state index contributed by atoms with van der Waals surface area (Å²) in [5.74, 6) is 1.04. The average Bonchev–Trinajstić information content (AvgIpc) is 2.85. The van der Waals surface area contributed by atoms with Crippen LogP contribution in [0, 0.1) is 13.8 Å². The van der Waals surface area contributed by atoms with Crippen LogP contribution < -0.4 is 10.2 Å². The molecule has 0 aromatic carbocycles. The van der Waals surface area contributed by atoms with Crippen LogP contribution in [0.3, 0.4) is 0 Å². The van der Waals surface area contributed by atoms with Gasteiger partial charge in [0.25, 0.3) is 0 Å². The molecule has 0 aliphatic carbocycles. The molecule has 1 saturated heterocycles. The molecule has 2 aromatic rings. The van der Waals surface area contributed by atoms with Crippen molar-refractivity contribution < 1.29 is 0 Å². The zero-order valence-corrected chi connectivity index (χ0v) is 12.7. The fourth-order valence-corrected chi connectivity index (χ4v) is 3.23. The van der Waals surface area contributed by atoms with Gasteiger partial charge in [-0.1, -0.05) is 0 Å². The van der Waals surface area contributed by atoms with Gasteiger partial charge >= 0.3 is 0 Å². The third kappa shape index (κ3) is 3.07. The Morgan fingerprint density at radius 1 is 1.20 bits per heavy atom. The van der Waals surface area contributed by atoms with Crippen molar-refractivity contribution in [3.05, 3.63) is 29.2 Å². The van der Waals surface area contributed by atoms with Crippen molar-refractivity contribution >= 4 is 22.3 Å². The van der Waals surface area contributed by atoms with E-state index in [9.17, 15) is 0 Å². The highest BCUT2D eigenvalue weighted by molar-refractivity contribution is 7.13. The number of rotatable bonds is 3. The Morgan fingerprint density at radius 3 is 2.65 bits per heavy atom. The van der Waals surface area contributed by atoms with E-state index in [0.717, 1.165) is 48.3 Å². The normalized spacial score (nSPS) is 16.4. The molecular formula is C14H19N5S. The quantitative estimate of drug-likeness (QED) is 0.941. The van der Waals surface area contributed by atoms with Gasteiger partial charge < -0.3 is 10.2 Å². The molecule has 106 valence electrons. The van der Waals surface area contributed by atoms with Crippen LogP contribution in [0.5, 0.6) is 0 Å². The van der Waals surface area contributed by atoms with Crippen molar-refractivity contribution in [2.75, 3.05) is 23.3 Å². The molecular weight excluding hydrogens is 270 g/mol. The molecule has 5 nitrogen and oxygen atoms in total. The highest BCUT2D eigenvalue weighted by Gasteiger charge is 2.20. The summed E-state index contributed by atoms with van der Waals surface area (Å²) < 4.78 is 0. The fourth-order valence-electron chi connectivity index (χ4n) is 2.46. The lowest BCUT2D eigenvalue weighted by Gasteiger charge is -2.33. The number of hydrogen-bond donors (Lipinski definition) is 1. The second-order valence-corrected chi connectivity index (χ2v) is 6.08. The van der Waals surface area contributed by atoms with Crippen LogP contribution in [0.1, 0.15) is 24.2 Å². The van der Waals surface area contributed by atoms with E-state index >= 15 is 0 Å². The number of aryl methyl sites for hydroxylation is 2. The zero-order chi connectivity index (χ0) is 13.9. The van der Waals surface area contributed by atoms with E-state index in [2.05, 4.69) is 36.6 Å². The standard InChI is InChI=1S/C14H19N5S/c1-10-7-13(16-9-15-10)19-5-3-12(4-6-19)18-14-17-11(2)8-20-14/h7-9,12H,3-6H2,1-2H3,(H,17,18). The number of hydrogen-bond acceptors (Lipinski definition) is 6. The van der Waals surface area contributed by atoms with E-state index in [4.69, 9.17) is 0 Å². The molecule has 3 rings (SSSR count). The molecule has 0 spiro atoms. The van der Waals surface area contributed by atoms with Crippen molar-refractivity contribution in [1.82, 2.24) is 15.0 Å². The van der Waals surface area contributed by atoms with Gasteiger partial charge in [-0.15, -0.1) is 11.3 Å². The van der Waals surface area contributed by atoms with Gasteiger partial charge in [0, 0.05) is 36.3 Å². The second-order valence-electron chi connectivity index (χ2n) is 5.22. The summed E-state index contributed by atoms with van der Waals surface area (Å²) in [6.07, 6.45) is 3.87. The van der Waals surface area contributed by atoms with Gasteiger partial charge in [0.05, 0.1) is 5.69 Å². The van der Waals surface area contributed by atoms with Gasteiger partial charge in [-0.05, 0) is 26.7 Å². The maximum absolute atomic E-state index is 4.47. The zero-order valence-electron chi connectivity index (χ0n) is 11.8. The molecule has 0 unspecified atom stereocenters. The molecule has 6 heteroatoms. The van der Waals surface area contributed by atoms with E-state index in [1.807, 2.05) is 13.8 Å². The summed E-state index contributed by atoms with van der Waals surface area (Å²) in [6.45, 7) is 6.09. The number of thiazole rings is 1. The Labute approximate surface area is 123 Å². The molecule has 0 saturated carbocycles. The first-order valence-corrected chi connectivity index (χ1v) is 7.81. The van der Waals surface area contributed by atoms with Crippen LogP contribution in [-0.2, 0) is 0 Å². The van der Waals surface area contributed by atoms with Crippen LogP contribution in [0.2, 0.25) is 0 Å². The Morgan fingerprint density at radius 2 is 2.00 bits per heavy atom. The molecule has 0 amide bonds. The topological polar surface area (TPSA) is 53.9 Å². The van der Waals surface area contributed by atoms with Crippen LogP contribution in [-0.4, -0.2) is 34.1 Å². The van der Waals surface area contributed by atoms with Crippen LogP contribution in [0.25, 0.3) is 0 Å². The summed E-state index contributed by atoms with van der Waals surface area (Å²) in [5, 5.41) is 6.66. The first-order valence-electron chi connectivity index (χ1n) is 6.93. The summed E-state index contributed by atoms with van der Waals surface area (Å²) in [7, 11) is 0.